The topological polar surface area (TPSA) is 70.7 Å². The van der Waals surface area contributed by atoms with Gasteiger partial charge in [-0.05, 0) is 20.4 Å². The fraction of sp³-hybridized carbons (Fsp3) is 0.857. The van der Waals surface area contributed by atoms with Gasteiger partial charge < -0.3 is 20.3 Å². The van der Waals surface area contributed by atoms with Gasteiger partial charge in [-0.15, -0.1) is 0 Å². The zero-order valence-corrected chi connectivity index (χ0v) is 12.9. The van der Waals surface area contributed by atoms with Gasteiger partial charge in [0.15, 0.2) is 0 Å². The van der Waals surface area contributed by atoms with Crippen LogP contribution in [-0.4, -0.2) is 61.6 Å². The first-order chi connectivity index (χ1) is 9.47. The van der Waals surface area contributed by atoms with Crippen molar-refractivity contribution < 1.29 is 14.3 Å². The Morgan fingerprint density at radius 3 is 2.65 bits per heavy atom. The number of nitrogens with one attached hydrogen (secondary N) is 2. The number of ether oxygens (including phenoxy) is 1. The average Bonchev–Trinajstić information content (AvgIpc) is 2.43. The molecule has 0 radical (unpaired) electrons. The lowest BCUT2D eigenvalue weighted by molar-refractivity contribution is -0.151. The summed E-state index contributed by atoms with van der Waals surface area (Å²) < 4.78 is 5.36. The third kappa shape index (κ3) is 4.76. The third-order valence-corrected chi connectivity index (χ3v) is 3.27. The van der Waals surface area contributed by atoms with Crippen LogP contribution in [0.1, 0.15) is 27.7 Å². The highest BCUT2D eigenvalue weighted by Gasteiger charge is 2.34. The summed E-state index contributed by atoms with van der Waals surface area (Å²) in [5.41, 5.74) is 0. The van der Waals surface area contributed by atoms with E-state index < -0.39 is 6.04 Å². The van der Waals surface area contributed by atoms with Crippen LogP contribution in [0.4, 0.5) is 0 Å². The molecule has 1 fully saturated rings. The zero-order chi connectivity index (χ0) is 15.1. The summed E-state index contributed by atoms with van der Waals surface area (Å²) in [6.45, 7) is 10.4. The van der Waals surface area contributed by atoms with Crippen LogP contribution in [0.2, 0.25) is 0 Å². The van der Waals surface area contributed by atoms with Gasteiger partial charge in [0.25, 0.3) is 0 Å². The molecular formula is C14H27N3O3. The lowest BCUT2D eigenvalue weighted by Gasteiger charge is -2.36. The van der Waals surface area contributed by atoms with Gasteiger partial charge in [0.1, 0.15) is 6.04 Å². The van der Waals surface area contributed by atoms with E-state index in [0.29, 0.717) is 19.7 Å². The van der Waals surface area contributed by atoms with Crippen LogP contribution in [0.3, 0.4) is 0 Å². The predicted molar refractivity (Wildman–Crippen MR) is 77.3 cm³/mol. The van der Waals surface area contributed by atoms with E-state index in [1.54, 1.807) is 4.90 Å². The molecule has 0 saturated carbocycles. The van der Waals surface area contributed by atoms with E-state index in [1.807, 2.05) is 27.7 Å². The second-order valence-corrected chi connectivity index (χ2v) is 5.49. The Kier molecular flexibility index (Phi) is 6.95. The summed E-state index contributed by atoms with van der Waals surface area (Å²) >= 11 is 0. The number of hydrogen-bond acceptors (Lipinski definition) is 4. The van der Waals surface area contributed by atoms with Gasteiger partial charge >= 0.3 is 0 Å². The summed E-state index contributed by atoms with van der Waals surface area (Å²) in [4.78, 5) is 26.3. The molecule has 20 heavy (non-hydrogen) atoms. The average molecular weight is 285 g/mol. The van der Waals surface area contributed by atoms with Crippen molar-refractivity contribution in [1.82, 2.24) is 15.5 Å². The second-order valence-electron chi connectivity index (χ2n) is 5.49. The lowest BCUT2D eigenvalue weighted by atomic mass is 10.1. The van der Waals surface area contributed by atoms with E-state index in [4.69, 9.17) is 4.74 Å². The molecule has 0 aliphatic carbocycles. The molecule has 0 aromatic carbocycles. The molecule has 0 aromatic rings. The number of hydrogen-bond donors (Lipinski definition) is 2. The molecule has 0 aromatic heterocycles. The minimum Gasteiger partial charge on any atom is -0.377 e. The smallest absolute Gasteiger partial charge is 0.245 e. The zero-order valence-electron chi connectivity index (χ0n) is 12.9. The summed E-state index contributed by atoms with van der Waals surface area (Å²) in [5, 5.41) is 6.02. The molecular weight excluding hydrogens is 258 g/mol. The first kappa shape index (κ1) is 16.9. The first-order valence-electron chi connectivity index (χ1n) is 7.36. The minimum atomic E-state index is -0.511. The molecule has 2 N–H and O–H groups in total. The fourth-order valence-electron chi connectivity index (χ4n) is 2.20. The van der Waals surface area contributed by atoms with Crippen LogP contribution in [0.25, 0.3) is 0 Å². The van der Waals surface area contributed by atoms with Crippen molar-refractivity contribution in [1.29, 1.82) is 0 Å². The van der Waals surface area contributed by atoms with Gasteiger partial charge in [-0.3, -0.25) is 9.59 Å². The Morgan fingerprint density at radius 1 is 1.35 bits per heavy atom. The molecule has 6 heteroatoms. The number of carbonyl (C=O) groups excluding carboxylic acids is 2. The van der Waals surface area contributed by atoms with Crippen LogP contribution in [0.5, 0.6) is 0 Å². The largest absolute Gasteiger partial charge is 0.377 e. The van der Waals surface area contributed by atoms with E-state index in [2.05, 4.69) is 10.6 Å². The number of carbonyl (C=O) groups is 2. The third-order valence-electron chi connectivity index (χ3n) is 3.27. The Balaban J connectivity index is 2.67. The van der Waals surface area contributed by atoms with Crippen LogP contribution >= 0.6 is 0 Å². The monoisotopic (exact) mass is 285 g/mol. The van der Waals surface area contributed by atoms with Crippen molar-refractivity contribution in [2.24, 2.45) is 5.92 Å². The summed E-state index contributed by atoms with van der Waals surface area (Å²) in [7, 11) is 0. The van der Waals surface area contributed by atoms with Crippen molar-refractivity contribution in [3.8, 4) is 0 Å². The highest BCUT2D eigenvalue weighted by molar-refractivity contribution is 5.89. The number of nitrogens with zero attached hydrogens (tertiary/aromatic N) is 1. The van der Waals surface area contributed by atoms with Crippen molar-refractivity contribution in [2.75, 3.05) is 32.8 Å². The molecule has 6 nitrogen and oxygen atoms in total. The van der Waals surface area contributed by atoms with Crippen molar-refractivity contribution >= 4 is 11.8 Å². The van der Waals surface area contributed by atoms with Gasteiger partial charge in [-0.2, -0.15) is 0 Å². The Morgan fingerprint density at radius 2 is 2.05 bits per heavy atom. The molecule has 116 valence electrons. The van der Waals surface area contributed by atoms with Crippen LogP contribution in [0.15, 0.2) is 0 Å². The van der Waals surface area contributed by atoms with Gasteiger partial charge in [0.2, 0.25) is 11.8 Å². The van der Waals surface area contributed by atoms with Crippen LogP contribution in [0, 0.1) is 5.92 Å². The molecule has 1 heterocycles. The molecule has 2 amide bonds. The minimum absolute atomic E-state index is 0.0122. The van der Waals surface area contributed by atoms with Gasteiger partial charge in [0, 0.05) is 25.0 Å². The Hall–Kier alpha value is -1.14. The van der Waals surface area contributed by atoms with Gasteiger partial charge in [0.05, 0.1) is 13.2 Å². The molecule has 0 spiro atoms. The molecule has 1 rings (SSSR count). The highest BCUT2D eigenvalue weighted by atomic mass is 16.5. The standard InChI is InChI=1S/C14H27N3O3/c1-5-15-8-11(4)14(19)17-6-7-20-9-12(17)13(18)16-10(2)3/h10-12,15H,5-9H2,1-4H3,(H,16,18). The number of amides is 2. The summed E-state index contributed by atoms with van der Waals surface area (Å²) in [6, 6.07) is -0.455. The fourth-order valence-corrected chi connectivity index (χ4v) is 2.20. The Labute approximate surface area is 121 Å². The number of rotatable bonds is 6. The SMILES string of the molecule is CCNCC(C)C(=O)N1CCOCC1C(=O)NC(C)C. The highest BCUT2D eigenvalue weighted by Crippen LogP contribution is 2.12. The molecule has 2 atom stereocenters. The van der Waals surface area contributed by atoms with Crippen LogP contribution in [-0.2, 0) is 14.3 Å². The van der Waals surface area contributed by atoms with Gasteiger partial charge in [-0.25, -0.2) is 0 Å². The van der Waals surface area contributed by atoms with E-state index in [1.165, 1.54) is 0 Å². The lowest BCUT2D eigenvalue weighted by Crippen LogP contribution is -2.58. The molecule has 1 aliphatic heterocycles. The quantitative estimate of drug-likeness (QED) is 0.720. The summed E-state index contributed by atoms with van der Waals surface area (Å²) in [6.07, 6.45) is 0. The molecule has 0 bridgehead atoms. The normalized spacial score (nSPS) is 20.9. The summed E-state index contributed by atoms with van der Waals surface area (Å²) in [5.74, 6) is -0.260. The van der Waals surface area contributed by atoms with Crippen molar-refractivity contribution in [3.05, 3.63) is 0 Å². The first-order valence-corrected chi connectivity index (χ1v) is 7.36. The number of morpholine rings is 1. The molecule has 1 aliphatic rings. The van der Waals surface area contributed by atoms with E-state index in [-0.39, 0.29) is 30.4 Å². The second kappa shape index (κ2) is 8.21. The van der Waals surface area contributed by atoms with Crippen molar-refractivity contribution in [3.63, 3.8) is 0 Å². The predicted octanol–water partition coefficient (Wildman–Crippen LogP) is -0.0160. The molecule has 1 saturated heterocycles. The van der Waals surface area contributed by atoms with Gasteiger partial charge in [-0.1, -0.05) is 13.8 Å². The van der Waals surface area contributed by atoms with Crippen molar-refractivity contribution in [2.45, 2.75) is 39.8 Å². The maximum absolute atomic E-state index is 12.5. The van der Waals surface area contributed by atoms with E-state index >= 15 is 0 Å². The Bertz CT molecular complexity index is 334. The van der Waals surface area contributed by atoms with Crippen LogP contribution < -0.4 is 10.6 Å². The van der Waals surface area contributed by atoms with E-state index in [9.17, 15) is 9.59 Å². The molecule has 2 unspecified atom stereocenters. The maximum Gasteiger partial charge on any atom is 0.245 e. The van der Waals surface area contributed by atoms with E-state index in [0.717, 1.165) is 6.54 Å². The maximum atomic E-state index is 12.5.